The zero-order valence-corrected chi connectivity index (χ0v) is 12.7. The van der Waals surface area contributed by atoms with Crippen molar-refractivity contribution in [3.05, 3.63) is 33.9 Å². The van der Waals surface area contributed by atoms with Gasteiger partial charge in [-0.1, -0.05) is 33.8 Å². The molecule has 1 aliphatic rings. The summed E-state index contributed by atoms with van der Waals surface area (Å²) in [5, 5.41) is 0. The van der Waals surface area contributed by atoms with E-state index in [1.54, 1.807) is 6.92 Å². The Balaban J connectivity index is 2.68. The standard InChI is InChI=1S/C17H24O2/c1-10(2)14-7-13-8-19-9-16(13)17(11(3)4)15(14)6-12(5)18/h7,10-11H,6,8-9H2,1-5H3. The van der Waals surface area contributed by atoms with Crippen molar-refractivity contribution in [2.24, 2.45) is 0 Å². The fourth-order valence-corrected chi connectivity index (χ4v) is 3.09. The summed E-state index contributed by atoms with van der Waals surface area (Å²) in [4.78, 5) is 11.6. The normalized spacial score (nSPS) is 14.3. The molecule has 1 heterocycles. The molecule has 1 aromatic rings. The van der Waals surface area contributed by atoms with Crippen molar-refractivity contribution >= 4 is 5.78 Å². The number of benzene rings is 1. The quantitative estimate of drug-likeness (QED) is 0.815. The molecule has 0 spiro atoms. The van der Waals surface area contributed by atoms with Crippen LogP contribution in [0.2, 0.25) is 0 Å². The van der Waals surface area contributed by atoms with E-state index >= 15 is 0 Å². The van der Waals surface area contributed by atoms with Crippen LogP contribution in [-0.4, -0.2) is 5.78 Å². The number of hydrogen-bond donors (Lipinski definition) is 0. The molecule has 1 aromatic carbocycles. The highest BCUT2D eigenvalue weighted by molar-refractivity contribution is 5.79. The largest absolute Gasteiger partial charge is 0.372 e. The van der Waals surface area contributed by atoms with Crippen molar-refractivity contribution in [2.45, 2.75) is 66.1 Å². The van der Waals surface area contributed by atoms with Gasteiger partial charge >= 0.3 is 0 Å². The minimum absolute atomic E-state index is 0.239. The first kappa shape index (κ1) is 14.3. The first-order valence-corrected chi connectivity index (χ1v) is 7.16. The van der Waals surface area contributed by atoms with E-state index in [4.69, 9.17) is 4.74 Å². The van der Waals surface area contributed by atoms with Crippen molar-refractivity contribution < 1.29 is 9.53 Å². The molecule has 0 radical (unpaired) electrons. The van der Waals surface area contributed by atoms with Crippen molar-refractivity contribution in [1.29, 1.82) is 0 Å². The number of rotatable bonds is 4. The van der Waals surface area contributed by atoms with Gasteiger partial charge < -0.3 is 4.74 Å². The minimum atomic E-state index is 0.239. The van der Waals surface area contributed by atoms with Crippen LogP contribution in [0.5, 0.6) is 0 Å². The maximum absolute atomic E-state index is 11.6. The molecule has 0 saturated carbocycles. The smallest absolute Gasteiger partial charge is 0.134 e. The van der Waals surface area contributed by atoms with Crippen LogP contribution in [0.1, 0.15) is 74.3 Å². The van der Waals surface area contributed by atoms with Gasteiger partial charge in [0.15, 0.2) is 0 Å². The van der Waals surface area contributed by atoms with Gasteiger partial charge in [0.25, 0.3) is 0 Å². The van der Waals surface area contributed by atoms with Gasteiger partial charge in [0.1, 0.15) is 5.78 Å². The Kier molecular flexibility index (Phi) is 4.10. The van der Waals surface area contributed by atoms with Gasteiger partial charge in [-0.15, -0.1) is 0 Å². The van der Waals surface area contributed by atoms with Gasteiger partial charge in [0, 0.05) is 6.42 Å². The molecule has 1 aliphatic heterocycles. The van der Waals surface area contributed by atoms with E-state index in [1.807, 2.05) is 0 Å². The summed E-state index contributed by atoms with van der Waals surface area (Å²) in [6.45, 7) is 11.9. The van der Waals surface area contributed by atoms with Crippen molar-refractivity contribution in [3.8, 4) is 0 Å². The Hall–Kier alpha value is -1.15. The fraction of sp³-hybridized carbons (Fsp3) is 0.588. The Bertz CT molecular complexity index is 498. The van der Waals surface area contributed by atoms with Gasteiger partial charge in [-0.2, -0.15) is 0 Å². The lowest BCUT2D eigenvalue weighted by atomic mass is 9.82. The van der Waals surface area contributed by atoms with Crippen molar-refractivity contribution in [2.75, 3.05) is 0 Å². The molecule has 0 saturated heterocycles. The number of hydrogen-bond acceptors (Lipinski definition) is 2. The van der Waals surface area contributed by atoms with E-state index < -0.39 is 0 Å². The lowest BCUT2D eigenvalue weighted by Gasteiger charge is -2.22. The zero-order chi connectivity index (χ0) is 14.2. The lowest BCUT2D eigenvalue weighted by molar-refractivity contribution is -0.116. The second-order valence-corrected chi connectivity index (χ2v) is 6.18. The average molecular weight is 260 g/mol. The molecule has 0 atom stereocenters. The first-order chi connectivity index (χ1) is 8.91. The highest BCUT2D eigenvalue weighted by Crippen LogP contribution is 2.37. The summed E-state index contributed by atoms with van der Waals surface area (Å²) in [7, 11) is 0. The first-order valence-electron chi connectivity index (χ1n) is 7.16. The van der Waals surface area contributed by atoms with Crippen LogP contribution >= 0.6 is 0 Å². The minimum Gasteiger partial charge on any atom is -0.372 e. The summed E-state index contributed by atoms with van der Waals surface area (Å²) in [6.07, 6.45) is 0.550. The summed E-state index contributed by atoms with van der Waals surface area (Å²) in [5.74, 6) is 1.11. The fourth-order valence-electron chi connectivity index (χ4n) is 3.09. The Morgan fingerprint density at radius 3 is 2.42 bits per heavy atom. The SMILES string of the molecule is CC(=O)Cc1c(C(C)C)cc2c(c1C(C)C)COC2. The number of ether oxygens (including phenoxy) is 1. The molecule has 2 heteroatoms. The summed E-state index contributed by atoms with van der Waals surface area (Å²) >= 11 is 0. The molecule has 2 rings (SSSR count). The van der Waals surface area contributed by atoms with E-state index in [0.717, 1.165) is 6.61 Å². The van der Waals surface area contributed by atoms with Crippen LogP contribution in [0, 0.1) is 0 Å². The number of fused-ring (bicyclic) bond motifs is 1. The number of Topliss-reactive ketones (excluding diaryl/α,β-unsaturated/α-hetero) is 1. The van der Waals surface area contributed by atoms with E-state index in [1.165, 1.54) is 27.8 Å². The van der Waals surface area contributed by atoms with E-state index in [2.05, 4.69) is 33.8 Å². The van der Waals surface area contributed by atoms with Gasteiger partial charge in [0.05, 0.1) is 13.2 Å². The molecule has 0 unspecified atom stereocenters. The van der Waals surface area contributed by atoms with Crippen molar-refractivity contribution in [1.82, 2.24) is 0 Å². The molecular formula is C17H24O2. The van der Waals surface area contributed by atoms with Crippen LogP contribution in [0.3, 0.4) is 0 Å². The van der Waals surface area contributed by atoms with Crippen LogP contribution in [-0.2, 0) is 29.2 Å². The Morgan fingerprint density at radius 1 is 1.21 bits per heavy atom. The predicted octanol–water partition coefficient (Wildman–Crippen LogP) is 4.10. The average Bonchev–Trinajstić information content (AvgIpc) is 2.73. The third-order valence-electron chi connectivity index (χ3n) is 3.85. The van der Waals surface area contributed by atoms with Gasteiger partial charge in [-0.25, -0.2) is 0 Å². The Morgan fingerprint density at radius 2 is 1.89 bits per heavy atom. The van der Waals surface area contributed by atoms with E-state index in [9.17, 15) is 4.79 Å². The van der Waals surface area contributed by atoms with Gasteiger partial charge in [-0.05, 0) is 46.6 Å². The molecule has 0 amide bonds. The maximum atomic E-state index is 11.6. The zero-order valence-electron chi connectivity index (χ0n) is 12.7. The summed E-state index contributed by atoms with van der Waals surface area (Å²) in [6, 6.07) is 2.26. The highest BCUT2D eigenvalue weighted by atomic mass is 16.5. The monoisotopic (exact) mass is 260 g/mol. The van der Waals surface area contributed by atoms with Crippen LogP contribution in [0.4, 0.5) is 0 Å². The van der Waals surface area contributed by atoms with E-state index in [-0.39, 0.29) is 5.78 Å². The van der Waals surface area contributed by atoms with Crippen LogP contribution in [0.15, 0.2) is 6.07 Å². The van der Waals surface area contributed by atoms with Gasteiger partial charge in [0.2, 0.25) is 0 Å². The maximum Gasteiger partial charge on any atom is 0.134 e. The number of carbonyl (C=O) groups excluding carboxylic acids is 1. The molecular weight excluding hydrogens is 236 g/mol. The molecule has 104 valence electrons. The number of ketones is 1. The summed E-state index contributed by atoms with van der Waals surface area (Å²) in [5.41, 5.74) is 6.58. The topological polar surface area (TPSA) is 26.3 Å². The highest BCUT2D eigenvalue weighted by Gasteiger charge is 2.24. The summed E-state index contributed by atoms with van der Waals surface area (Å²) < 4.78 is 5.62. The molecule has 2 nitrogen and oxygen atoms in total. The molecule has 19 heavy (non-hydrogen) atoms. The van der Waals surface area contributed by atoms with E-state index in [0.29, 0.717) is 24.9 Å². The molecule has 0 N–H and O–H groups in total. The van der Waals surface area contributed by atoms with Crippen LogP contribution in [0.25, 0.3) is 0 Å². The third kappa shape index (κ3) is 2.74. The lowest BCUT2D eigenvalue weighted by Crippen LogP contribution is -2.11. The second kappa shape index (κ2) is 5.46. The molecule has 0 bridgehead atoms. The predicted molar refractivity (Wildman–Crippen MR) is 77.5 cm³/mol. The van der Waals surface area contributed by atoms with Gasteiger partial charge in [-0.3, -0.25) is 4.79 Å². The molecule has 0 aliphatic carbocycles. The second-order valence-electron chi connectivity index (χ2n) is 6.18. The van der Waals surface area contributed by atoms with Crippen LogP contribution < -0.4 is 0 Å². The molecule has 0 aromatic heterocycles. The third-order valence-corrected chi connectivity index (χ3v) is 3.85. The Labute approximate surface area is 116 Å². The molecule has 0 fully saturated rings. The number of carbonyl (C=O) groups is 1. The van der Waals surface area contributed by atoms with Crippen molar-refractivity contribution in [3.63, 3.8) is 0 Å².